The van der Waals surface area contributed by atoms with Gasteiger partial charge in [-0.05, 0) is 45.4 Å². The average molecular weight is 251 g/mol. The number of benzene rings is 1. The van der Waals surface area contributed by atoms with Crippen LogP contribution in [0.1, 0.15) is 33.3 Å². The number of ether oxygens (including phenoxy) is 2. The van der Waals surface area contributed by atoms with Gasteiger partial charge in [0.1, 0.15) is 5.75 Å². The molecule has 0 unspecified atom stereocenters. The second kappa shape index (κ2) is 8.11. The van der Waals surface area contributed by atoms with Crippen LogP contribution in [0.15, 0.2) is 24.3 Å². The first-order chi connectivity index (χ1) is 8.58. The normalized spacial score (nSPS) is 11.2. The minimum Gasteiger partial charge on any atom is -0.491 e. The van der Waals surface area contributed by atoms with Crippen molar-refractivity contribution in [3.8, 4) is 5.75 Å². The van der Waals surface area contributed by atoms with Crippen LogP contribution < -0.4 is 10.1 Å². The molecule has 1 aromatic rings. The second-order valence-corrected chi connectivity index (χ2v) is 4.91. The fraction of sp³-hybridized carbons (Fsp3) is 0.600. The molecular weight excluding hydrogens is 226 g/mol. The summed E-state index contributed by atoms with van der Waals surface area (Å²) in [6, 6.07) is 8.21. The van der Waals surface area contributed by atoms with Gasteiger partial charge >= 0.3 is 0 Å². The van der Waals surface area contributed by atoms with Crippen LogP contribution in [0.25, 0.3) is 0 Å². The zero-order valence-electron chi connectivity index (χ0n) is 11.9. The number of hydrogen-bond donors (Lipinski definition) is 1. The molecule has 0 fully saturated rings. The van der Waals surface area contributed by atoms with Crippen molar-refractivity contribution in [3.05, 3.63) is 29.8 Å². The summed E-state index contributed by atoms with van der Waals surface area (Å²) < 4.78 is 11.1. The van der Waals surface area contributed by atoms with E-state index in [1.165, 1.54) is 5.56 Å². The molecule has 0 aliphatic rings. The van der Waals surface area contributed by atoms with Crippen molar-refractivity contribution in [2.45, 2.75) is 46.4 Å². The van der Waals surface area contributed by atoms with Crippen LogP contribution in [0.5, 0.6) is 5.75 Å². The predicted molar refractivity (Wildman–Crippen MR) is 75.0 cm³/mol. The lowest BCUT2D eigenvalue weighted by Crippen LogP contribution is -2.20. The molecule has 0 spiro atoms. The SMILES string of the molecule is CC(C)OCCNCc1ccc(OC(C)C)cc1. The lowest BCUT2D eigenvalue weighted by molar-refractivity contribution is 0.0807. The third-order valence-electron chi connectivity index (χ3n) is 2.35. The Balaban J connectivity index is 2.22. The summed E-state index contributed by atoms with van der Waals surface area (Å²) in [5.74, 6) is 0.928. The van der Waals surface area contributed by atoms with E-state index in [4.69, 9.17) is 9.47 Å². The van der Waals surface area contributed by atoms with E-state index in [-0.39, 0.29) is 6.10 Å². The van der Waals surface area contributed by atoms with E-state index in [1.54, 1.807) is 0 Å². The minimum absolute atomic E-state index is 0.224. The molecule has 1 aromatic carbocycles. The molecule has 0 amide bonds. The molecule has 3 nitrogen and oxygen atoms in total. The molecular formula is C15H25NO2. The van der Waals surface area contributed by atoms with Crippen LogP contribution in [-0.2, 0) is 11.3 Å². The van der Waals surface area contributed by atoms with Crippen LogP contribution in [-0.4, -0.2) is 25.4 Å². The van der Waals surface area contributed by atoms with E-state index >= 15 is 0 Å². The summed E-state index contributed by atoms with van der Waals surface area (Å²) in [6.45, 7) is 10.7. The van der Waals surface area contributed by atoms with Crippen LogP contribution >= 0.6 is 0 Å². The van der Waals surface area contributed by atoms with Gasteiger partial charge in [0.05, 0.1) is 18.8 Å². The van der Waals surface area contributed by atoms with Crippen molar-refractivity contribution < 1.29 is 9.47 Å². The fourth-order valence-corrected chi connectivity index (χ4v) is 1.56. The molecule has 0 saturated carbocycles. The molecule has 0 heterocycles. The summed E-state index contributed by atoms with van der Waals surface area (Å²) in [6.07, 6.45) is 0.529. The zero-order valence-corrected chi connectivity index (χ0v) is 11.9. The van der Waals surface area contributed by atoms with Crippen molar-refractivity contribution >= 4 is 0 Å². The van der Waals surface area contributed by atoms with Gasteiger partial charge in [-0.1, -0.05) is 12.1 Å². The summed E-state index contributed by atoms with van der Waals surface area (Å²) in [5.41, 5.74) is 1.26. The first-order valence-corrected chi connectivity index (χ1v) is 6.66. The van der Waals surface area contributed by atoms with Gasteiger partial charge in [0.25, 0.3) is 0 Å². The van der Waals surface area contributed by atoms with Gasteiger partial charge in [-0.15, -0.1) is 0 Å². The maximum Gasteiger partial charge on any atom is 0.119 e. The number of rotatable bonds is 8. The van der Waals surface area contributed by atoms with Crippen molar-refractivity contribution in [2.24, 2.45) is 0 Å². The minimum atomic E-state index is 0.224. The molecule has 102 valence electrons. The van der Waals surface area contributed by atoms with Gasteiger partial charge in [0, 0.05) is 13.1 Å². The van der Waals surface area contributed by atoms with Crippen LogP contribution in [0.4, 0.5) is 0 Å². The molecule has 0 atom stereocenters. The maximum atomic E-state index is 5.60. The largest absolute Gasteiger partial charge is 0.491 e. The first kappa shape index (κ1) is 15.0. The van der Waals surface area contributed by atoms with Gasteiger partial charge in [0.2, 0.25) is 0 Å². The quantitative estimate of drug-likeness (QED) is 0.720. The Morgan fingerprint density at radius 3 is 2.22 bits per heavy atom. The Morgan fingerprint density at radius 1 is 1.00 bits per heavy atom. The van der Waals surface area contributed by atoms with E-state index in [2.05, 4.69) is 17.4 Å². The average Bonchev–Trinajstić information content (AvgIpc) is 2.30. The molecule has 1 rings (SSSR count). The van der Waals surface area contributed by atoms with Gasteiger partial charge in [-0.2, -0.15) is 0 Å². The zero-order chi connectivity index (χ0) is 13.4. The molecule has 0 aliphatic carbocycles. The summed E-state index contributed by atoms with van der Waals surface area (Å²) in [4.78, 5) is 0. The Labute approximate surface area is 110 Å². The Bertz CT molecular complexity index is 320. The Morgan fingerprint density at radius 2 is 1.67 bits per heavy atom. The molecule has 0 saturated heterocycles. The predicted octanol–water partition coefficient (Wildman–Crippen LogP) is 2.99. The highest BCUT2D eigenvalue weighted by molar-refractivity contribution is 5.27. The lowest BCUT2D eigenvalue weighted by Gasteiger charge is -2.11. The third-order valence-corrected chi connectivity index (χ3v) is 2.35. The van der Waals surface area contributed by atoms with Crippen molar-refractivity contribution in [3.63, 3.8) is 0 Å². The second-order valence-electron chi connectivity index (χ2n) is 4.91. The Kier molecular flexibility index (Phi) is 6.76. The monoisotopic (exact) mass is 251 g/mol. The topological polar surface area (TPSA) is 30.5 Å². The van der Waals surface area contributed by atoms with Crippen LogP contribution in [0.2, 0.25) is 0 Å². The van der Waals surface area contributed by atoms with E-state index in [1.807, 2.05) is 39.8 Å². The van der Waals surface area contributed by atoms with Crippen molar-refractivity contribution in [1.29, 1.82) is 0 Å². The highest BCUT2D eigenvalue weighted by Crippen LogP contribution is 2.13. The van der Waals surface area contributed by atoms with Crippen LogP contribution in [0, 0.1) is 0 Å². The molecule has 0 aliphatic heterocycles. The van der Waals surface area contributed by atoms with Crippen molar-refractivity contribution in [1.82, 2.24) is 5.32 Å². The molecule has 0 radical (unpaired) electrons. The maximum absolute atomic E-state index is 5.60. The van der Waals surface area contributed by atoms with E-state index in [9.17, 15) is 0 Å². The van der Waals surface area contributed by atoms with Gasteiger partial charge in [-0.3, -0.25) is 0 Å². The summed E-state index contributed by atoms with van der Waals surface area (Å²) in [7, 11) is 0. The molecule has 3 heteroatoms. The molecule has 18 heavy (non-hydrogen) atoms. The lowest BCUT2D eigenvalue weighted by atomic mass is 10.2. The van der Waals surface area contributed by atoms with Crippen molar-refractivity contribution in [2.75, 3.05) is 13.2 Å². The first-order valence-electron chi connectivity index (χ1n) is 6.66. The summed E-state index contributed by atoms with van der Waals surface area (Å²) >= 11 is 0. The summed E-state index contributed by atoms with van der Waals surface area (Å²) in [5, 5.41) is 3.35. The third kappa shape index (κ3) is 6.62. The van der Waals surface area contributed by atoms with E-state index in [0.29, 0.717) is 6.10 Å². The standard InChI is InChI=1S/C15H25NO2/c1-12(2)17-10-9-16-11-14-5-7-15(8-6-14)18-13(3)4/h5-8,12-13,16H,9-11H2,1-4H3. The number of nitrogens with one attached hydrogen (secondary N) is 1. The Hall–Kier alpha value is -1.06. The number of hydrogen-bond acceptors (Lipinski definition) is 3. The van der Waals surface area contributed by atoms with Crippen LogP contribution in [0.3, 0.4) is 0 Å². The van der Waals surface area contributed by atoms with Gasteiger partial charge < -0.3 is 14.8 Å². The van der Waals surface area contributed by atoms with Gasteiger partial charge in [-0.25, -0.2) is 0 Å². The smallest absolute Gasteiger partial charge is 0.119 e. The van der Waals surface area contributed by atoms with Gasteiger partial charge in [0.15, 0.2) is 0 Å². The fourth-order valence-electron chi connectivity index (χ4n) is 1.56. The van der Waals surface area contributed by atoms with E-state index in [0.717, 1.165) is 25.4 Å². The highest BCUT2D eigenvalue weighted by atomic mass is 16.5. The highest BCUT2D eigenvalue weighted by Gasteiger charge is 1.98. The molecule has 0 bridgehead atoms. The molecule has 0 aromatic heterocycles. The van der Waals surface area contributed by atoms with E-state index < -0.39 is 0 Å². The molecule has 1 N–H and O–H groups in total.